The topological polar surface area (TPSA) is 61.8 Å². The molecule has 0 aliphatic heterocycles. The van der Waals surface area contributed by atoms with Gasteiger partial charge in [-0.25, -0.2) is 0 Å². The number of hydrogen-bond acceptors (Lipinski definition) is 5. The van der Waals surface area contributed by atoms with Crippen LogP contribution in [0.3, 0.4) is 0 Å². The molecule has 0 aromatic rings. The maximum Gasteiger partial charge on any atom is 0.306 e. The van der Waals surface area contributed by atoms with Gasteiger partial charge < -0.3 is 14.2 Å². The number of rotatable bonds is 26. The lowest BCUT2D eigenvalue weighted by Gasteiger charge is -2.19. The molecule has 0 spiro atoms. The average molecular weight is 543 g/mol. The Kier molecular flexibility index (Phi) is 31.3. The highest BCUT2D eigenvalue weighted by Crippen LogP contribution is 2.15. The zero-order valence-electron chi connectivity index (χ0n) is 26.5. The largest absolute Gasteiger partial charge is 0.468 e. The van der Waals surface area contributed by atoms with Crippen LogP contribution in [-0.2, 0) is 23.8 Å². The van der Waals surface area contributed by atoms with Gasteiger partial charge in [0.25, 0.3) is 6.47 Å². The van der Waals surface area contributed by atoms with Gasteiger partial charge in [0.1, 0.15) is 5.60 Å². The van der Waals surface area contributed by atoms with Crippen LogP contribution in [0.25, 0.3) is 0 Å². The van der Waals surface area contributed by atoms with Gasteiger partial charge in [-0.2, -0.15) is 0 Å². The van der Waals surface area contributed by atoms with E-state index in [0.29, 0.717) is 25.6 Å². The van der Waals surface area contributed by atoms with Crippen LogP contribution >= 0.6 is 0 Å². The van der Waals surface area contributed by atoms with E-state index in [1.54, 1.807) is 7.11 Å². The second-order valence-electron chi connectivity index (χ2n) is 11.9. The van der Waals surface area contributed by atoms with Crippen LogP contribution in [0.15, 0.2) is 0 Å². The maximum atomic E-state index is 11.6. The second kappa shape index (κ2) is 30.4. The number of ether oxygens (including phenoxy) is 3. The summed E-state index contributed by atoms with van der Waals surface area (Å²) in [6, 6.07) is 0. The molecule has 0 heterocycles. The highest BCUT2D eigenvalue weighted by Gasteiger charge is 2.15. The van der Waals surface area contributed by atoms with E-state index in [1.165, 1.54) is 116 Å². The Morgan fingerprint density at radius 1 is 0.684 bits per heavy atom. The summed E-state index contributed by atoms with van der Waals surface area (Å²) in [6.45, 7) is 11.2. The van der Waals surface area contributed by atoms with E-state index in [9.17, 15) is 9.59 Å². The standard InChI is InChI=1S/C25H48O4.C8H18O/c1-25(2,3)29-24(27)21-19-17-15-13-11-9-7-5-4-6-8-10-12-14-16-18-20-22-28-23-26;1-4-5-6-7-8(2)9-3/h23H,4-22H2,1-3H3;8H,4-7H2,1-3H3. The molecule has 0 fully saturated rings. The van der Waals surface area contributed by atoms with Gasteiger partial charge in [0.2, 0.25) is 0 Å². The lowest BCUT2D eigenvalue weighted by Crippen LogP contribution is -2.23. The number of hydrogen-bond donors (Lipinski definition) is 0. The van der Waals surface area contributed by atoms with Crippen molar-refractivity contribution < 1.29 is 23.8 Å². The smallest absolute Gasteiger partial charge is 0.306 e. The summed E-state index contributed by atoms with van der Waals surface area (Å²) in [7, 11) is 1.77. The van der Waals surface area contributed by atoms with Crippen molar-refractivity contribution in [3.05, 3.63) is 0 Å². The maximum absolute atomic E-state index is 11.6. The van der Waals surface area contributed by atoms with Crippen molar-refractivity contribution in [1.82, 2.24) is 0 Å². The number of carbonyl (C=O) groups excluding carboxylic acids is 2. The van der Waals surface area contributed by atoms with Gasteiger partial charge in [-0.1, -0.05) is 122 Å². The molecule has 5 nitrogen and oxygen atoms in total. The molecule has 0 aliphatic carbocycles. The molecule has 1 unspecified atom stereocenters. The lowest BCUT2D eigenvalue weighted by atomic mass is 10.0. The lowest BCUT2D eigenvalue weighted by molar-refractivity contribution is -0.154. The summed E-state index contributed by atoms with van der Waals surface area (Å²) in [5.74, 6) is -0.0568. The van der Waals surface area contributed by atoms with Gasteiger partial charge in [0.05, 0.1) is 12.7 Å². The fraction of sp³-hybridized carbons (Fsp3) is 0.939. The van der Waals surface area contributed by atoms with E-state index < -0.39 is 0 Å². The molecule has 0 saturated carbocycles. The van der Waals surface area contributed by atoms with E-state index in [0.717, 1.165) is 19.3 Å². The Bertz CT molecular complexity index is 486. The minimum atomic E-state index is -0.355. The van der Waals surface area contributed by atoms with E-state index >= 15 is 0 Å². The van der Waals surface area contributed by atoms with Crippen molar-refractivity contribution in [2.24, 2.45) is 0 Å². The summed E-state index contributed by atoms with van der Waals surface area (Å²) >= 11 is 0. The Morgan fingerprint density at radius 2 is 1.11 bits per heavy atom. The summed E-state index contributed by atoms with van der Waals surface area (Å²) < 4.78 is 15.1. The molecule has 5 heteroatoms. The predicted octanol–water partition coefficient (Wildman–Crippen LogP) is 10.1. The minimum Gasteiger partial charge on any atom is -0.468 e. The SMILES string of the molecule is CC(C)(C)OC(=O)CCCCCCCCCCCCCCCCCCCOC=O.CCCCCC(C)OC. The molecule has 0 radical (unpaired) electrons. The van der Waals surface area contributed by atoms with Gasteiger partial charge in [0, 0.05) is 13.5 Å². The van der Waals surface area contributed by atoms with Crippen LogP contribution in [0.4, 0.5) is 0 Å². The summed E-state index contributed by atoms with van der Waals surface area (Å²) in [6.07, 6.45) is 27.9. The zero-order chi connectivity index (χ0) is 28.7. The van der Waals surface area contributed by atoms with Crippen molar-refractivity contribution in [1.29, 1.82) is 0 Å². The molecular formula is C33H66O5. The van der Waals surface area contributed by atoms with Crippen LogP contribution in [0, 0.1) is 0 Å². The summed E-state index contributed by atoms with van der Waals surface area (Å²) in [5.41, 5.74) is -0.355. The molecule has 0 amide bonds. The van der Waals surface area contributed by atoms with Crippen LogP contribution in [0.2, 0.25) is 0 Å². The first-order valence-corrected chi connectivity index (χ1v) is 16.1. The zero-order valence-corrected chi connectivity index (χ0v) is 26.5. The Balaban J connectivity index is 0. The van der Waals surface area contributed by atoms with Gasteiger partial charge >= 0.3 is 5.97 Å². The van der Waals surface area contributed by atoms with Gasteiger partial charge in [-0.3, -0.25) is 9.59 Å². The first kappa shape index (κ1) is 39.0. The molecule has 0 bridgehead atoms. The second-order valence-corrected chi connectivity index (χ2v) is 11.9. The molecule has 1 atom stereocenters. The highest BCUT2D eigenvalue weighted by atomic mass is 16.6. The normalized spacial score (nSPS) is 11.9. The fourth-order valence-electron chi connectivity index (χ4n) is 4.35. The molecule has 0 aliphatic rings. The minimum absolute atomic E-state index is 0.0568. The first-order chi connectivity index (χ1) is 18.3. The van der Waals surface area contributed by atoms with Gasteiger partial charge in [-0.05, 0) is 47.0 Å². The average Bonchev–Trinajstić information content (AvgIpc) is 2.87. The van der Waals surface area contributed by atoms with Crippen molar-refractivity contribution in [2.45, 2.75) is 188 Å². The molecular weight excluding hydrogens is 476 g/mol. The molecule has 0 saturated heterocycles. The fourth-order valence-corrected chi connectivity index (χ4v) is 4.35. The molecule has 228 valence electrons. The van der Waals surface area contributed by atoms with Crippen LogP contribution in [0.1, 0.15) is 176 Å². The summed E-state index contributed by atoms with van der Waals surface area (Å²) in [5, 5.41) is 0. The molecule has 0 N–H and O–H groups in total. The van der Waals surface area contributed by atoms with Crippen LogP contribution in [0.5, 0.6) is 0 Å². The van der Waals surface area contributed by atoms with Crippen LogP contribution < -0.4 is 0 Å². The van der Waals surface area contributed by atoms with E-state index in [4.69, 9.17) is 9.47 Å². The summed E-state index contributed by atoms with van der Waals surface area (Å²) in [4.78, 5) is 21.6. The molecule has 0 rings (SSSR count). The Hall–Kier alpha value is -1.10. The van der Waals surface area contributed by atoms with Gasteiger partial charge in [0.15, 0.2) is 0 Å². The number of methoxy groups -OCH3 is 1. The van der Waals surface area contributed by atoms with Crippen molar-refractivity contribution in [2.75, 3.05) is 13.7 Å². The molecule has 0 aromatic carbocycles. The Labute approximate surface area is 237 Å². The third-order valence-electron chi connectivity index (χ3n) is 6.75. The predicted molar refractivity (Wildman–Crippen MR) is 162 cm³/mol. The van der Waals surface area contributed by atoms with Crippen molar-refractivity contribution in [3.63, 3.8) is 0 Å². The third-order valence-corrected chi connectivity index (χ3v) is 6.75. The van der Waals surface area contributed by atoms with Crippen molar-refractivity contribution in [3.8, 4) is 0 Å². The van der Waals surface area contributed by atoms with Gasteiger partial charge in [-0.15, -0.1) is 0 Å². The van der Waals surface area contributed by atoms with E-state index in [-0.39, 0.29) is 11.6 Å². The monoisotopic (exact) mass is 542 g/mol. The number of esters is 1. The highest BCUT2D eigenvalue weighted by molar-refractivity contribution is 5.69. The number of unbranched alkanes of at least 4 members (excludes halogenated alkanes) is 18. The van der Waals surface area contributed by atoms with E-state index in [1.807, 2.05) is 20.8 Å². The molecule has 0 aromatic heterocycles. The van der Waals surface area contributed by atoms with E-state index in [2.05, 4.69) is 18.6 Å². The third kappa shape index (κ3) is 37.1. The quantitative estimate of drug-likeness (QED) is 0.0618. The van der Waals surface area contributed by atoms with Crippen LogP contribution in [-0.4, -0.2) is 37.9 Å². The van der Waals surface area contributed by atoms with Crippen molar-refractivity contribution >= 4 is 12.4 Å². The first-order valence-electron chi connectivity index (χ1n) is 16.1. The Morgan fingerprint density at radius 3 is 1.47 bits per heavy atom. The number of carbonyl (C=O) groups is 2. The molecule has 38 heavy (non-hydrogen) atoms.